The van der Waals surface area contributed by atoms with E-state index in [0.29, 0.717) is 12.1 Å². The van der Waals surface area contributed by atoms with Crippen molar-refractivity contribution in [3.8, 4) is 0 Å². The SMILES string of the molecule is Fc1ccc(CNc2ccc3c(c2)CCC3)c(F)c1. The zero-order valence-electron chi connectivity index (χ0n) is 10.5. The van der Waals surface area contributed by atoms with Gasteiger partial charge < -0.3 is 5.32 Å². The van der Waals surface area contributed by atoms with Gasteiger partial charge in [-0.1, -0.05) is 12.1 Å². The normalized spacial score (nSPS) is 13.4. The molecule has 0 spiro atoms. The third-order valence-corrected chi connectivity index (χ3v) is 3.60. The smallest absolute Gasteiger partial charge is 0.131 e. The highest BCUT2D eigenvalue weighted by molar-refractivity contribution is 5.50. The van der Waals surface area contributed by atoms with Crippen LogP contribution in [0.2, 0.25) is 0 Å². The Bertz CT molecular complexity index is 608. The number of nitrogens with one attached hydrogen (secondary N) is 1. The number of aryl methyl sites for hydroxylation is 2. The van der Waals surface area contributed by atoms with Crippen LogP contribution >= 0.6 is 0 Å². The van der Waals surface area contributed by atoms with Crippen molar-refractivity contribution in [2.45, 2.75) is 25.8 Å². The van der Waals surface area contributed by atoms with Gasteiger partial charge in [-0.25, -0.2) is 8.78 Å². The zero-order valence-corrected chi connectivity index (χ0v) is 10.5. The highest BCUT2D eigenvalue weighted by Gasteiger charge is 2.11. The highest BCUT2D eigenvalue weighted by Crippen LogP contribution is 2.25. The summed E-state index contributed by atoms with van der Waals surface area (Å²) in [6, 6.07) is 9.95. The minimum atomic E-state index is -0.543. The van der Waals surface area contributed by atoms with Crippen LogP contribution in [0.25, 0.3) is 0 Å². The first-order valence-electron chi connectivity index (χ1n) is 6.52. The van der Waals surface area contributed by atoms with E-state index in [0.717, 1.165) is 24.6 Å². The first-order valence-corrected chi connectivity index (χ1v) is 6.52. The van der Waals surface area contributed by atoms with E-state index in [9.17, 15) is 8.78 Å². The summed E-state index contributed by atoms with van der Waals surface area (Å²) in [6.07, 6.45) is 3.49. The molecule has 2 aromatic rings. The number of halogens is 2. The largest absolute Gasteiger partial charge is 0.381 e. The van der Waals surface area contributed by atoms with E-state index < -0.39 is 11.6 Å². The number of hydrogen-bond donors (Lipinski definition) is 1. The van der Waals surface area contributed by atoms with Crippen LogP contribution in [-0.4, -0.2) is 0 Å². The monoisotopic (exact) mass is 259 g/mol. The van der Waals surface area contributed by atoms with Crippen molar-refractivity contribution in [1.82, 2.24) is 0 Å². The van der Waals surface area contributed by atoms with E-state index >= 15 is 0 Å². The van der Waals surface area contributed by atoms with E-state index in [1.54, 1.807) is 0 Å². The molecule has 0 saturated heterocycles. The molecule has 3 rings (SSSR count). The van der Waals surface area contributed by atoms with E-state index in [2.05, 4.69) is 17.4 Å². The Kier molecular flexibility index (Phi) is 3.20. The number of anilines is 1. The lowest BCUT2D eigenvalue weighted by atomic mass is 10.1. The predicted octanol–water partition coefficient (Wildman–Crippen LogP) is 4.07. The van der Waals surface area contributed by atoms with Crippen LogP contribution in [0.4, 0.5) is 14.5 Å². The summed E-state index contributed by atoms with van der Waals surface area (Å²) in [4.78, 5) is 0. The predicted molar refractivity (Wildman–Crippen MR) is 72.2 cm³/mol. The molecule has 0 heterocycles. The Labute approximate surface area is 111 Å². The lowest BCUT2D eigenvalue weighted by Gasteiger charge is -2.09. The number of rotatable bonds is 3. The molecule has 1 nitrogen and oxygen atoms in total. The molecule has 0 amide bonds. The second-order valence-electron chi connectivity index (χ2n) is 4.93. The van der Waals surface area contributed by atoms with Gasteiger partial charge in [0.05, 0.1) is 0 Å². The van der Waals surface area contributed by atoms with Crippen LogP contribution in [0.3, 0.4) is 0 Å². The molecular formula is C16H15F2N. The standard InChI is InChI=1S/C16H15F2N/c17-14-6-4-13(16(18)9-14)10-19-15-7-5-11-2-1-3-12(11)8-15/h4-9,19H,1-3,10H2. The molecule has 0 radical (unpaired) electrons. The van der Waals surface area contributed by atoms with Gasteiger partial charge in [-0.3, -0.25) is 0 Å². The van der Waals surface area contributed by atoms with Gasteiger partial charge in [-0.2, -0.15) is 0 Å². The molecule has 98 valence electrons. The van der Waals surface area contributed by atoms with E-state index in [1.807, 2.05) is 6.07 Å². The van der Waals surface area contributed by atoms with E-state index in [-0.39, 0.29) is 0 Å². The Morgan fingerprint density at radius 1 is 0.947 bits per heavy atom. The van der Waals surface area contributed by atoms with Crippen LogP contribution < -0.4 is 5.32 Å². The van der Waals surface area contributed by atoms with E-state index in [1.165, 1.54) is 29.7 Å². The average Bonchev–Trinajstić information content (AvgIpc) is 2.85. The first kappa shape index (κ1) is 12.2. The first-order chi connectivity index (χ1) is 9.22. The Morgan fingerprint density at radius 2 is 1.79 bits per heavy atom. The molecule has 0 aromatic heterocycles. The van der Waals surface area contributed by atoms with Crippen molar-refractivity contribution in [3.05, 3.63) is 64.7 Å². The minimum Gasteiger partial charge on any atom is -0.381 e. The van der Waals surface area contributed by atoms with Crippen LogP contribution in [0.15, 0.2) is 36.4 Å². The second kappa shape index (κ2) is 5.00. The van der Waals surface area contributed by atoms with Gasteiger partial charge >= 0.3 is 0 Å². The van der Waals surface area contributed by atoms with Gasteiger partial charge in [0.1, 0.15) is 11.6 Å². The van der Waals surface area contributed by atoms with Crippen LogP contribution in [-0.2, 0) is 19.4 Å². The molecule has 0 atom stereocenters. The van der Waals surface area contributed by atoms with Crippen LogP contribution in [0, 0.1) is 11.6 Å². The van der Waals surface area contributed by atoms with Crippen LogP contribution in [0.5, 0.6) is 0 Å². The van der Waals surface area contributed by atoms with Crippen molar-refractivity contribution < 1.29 is 8.78 Å². The van der Waals surface area contributed by atoms with Crippen molar-refractivity contribution in [3.63, 3.8) is 0 Å². The van der Waals surface area contributed by atoms with Crippen LogP contribution in [0.1, 0.15) is 23.1 Å². The summed E-state index contributed by atoms with van der Waals surface area (Å²) >= 11 is 0. The molecule has 2 aromatic carbocycles. The Morgan fingerprint density at radius 3 is 2.63 bits per heavy atom. The Hall–Kier alpha value is -1.90. The fourth-order valence-electron chi connectivity index (χ4n) is 2.54. The minimum absolute atomic E-state index is 0.366. The number of fused-ring (bicyclic) bond motifs is 1. The molecule has 1 aliphatic rings. The van der Waals surface area contributed by atoms with Crippen molar-refractivity contribution in [2.24, 2.45) is 0 Å². The molecule has 1 aliphatic carbocycles. The molecule has 0 aliphatic heterocycles. The molecule has 3 heteroatoms. The van der Waals surface area contributed by atoms with Gasteiger partial charge in [0.2, 0.25) is 0 Å². The second-order valence-corrected chi connectivity index (χ2v) is 4.93. The molecular weight excluding hydrogens is 244 g/mol. The highest BCUT2D eigenvalue weighted by atomic mass is 19.1. The lowest BCUT2D eigenvalue weighted by molar-refractivity contribution is 0.574. The average molecular weight is 259 g/mol. The maximum absolute atomic E-state index is 13.5. The quantitative estimate of drug-likeness (QED) is 0.876. The summed E-state index contributed by atoms with van der Waals surface area (Å²) in [5, 5.41) is 3.19. The summed E-state index contributed by atoms with van der Waals surface area (Å²) in [7, 11) is 0. The van der Waals surface area contributed by atoms with Crippen molar-refractivity contribution >= 4 is 5.69 Å². The summed E-state index contributed by atoms with van der Waals surface area (Å²) in [6.45, 7) is 0.366. The fraction of sp³-hybridized carbons (Fsp3) is 0.250. The number of hydrogen-bond acceptors (Lipinski definition) is 1. The third-order valence-electron chi connectivity index (χ3n) is 3.60. The van der Waals surface area contributed by atoms with Gasteiger partial charge in [-0.05, 0) is 48.6 Å². The zero-order chi connectivity index (χ0) is 13.2. The summed E-state index contributed by atoms with van der Waals surface area (Å²) in [5.74, 6) is -1.05. The van der Waals surface area contributed by atoms with Gasteiger partial charge in [0, 0.05) is 23.9 Å². The Balaban J connectivity index is 1.72. The van der Waals surface area contributed by atoms with Gasteiger partial charge in [0.15, 0.2) is 0 Å². The topological polar surface area (TPSA) is 12.0 Å². The van der Waals surface area contributed by atoms with Crippen molar-refractivity contribution in [2.75, 3.05) is 5.32 Å². The molecule has 19 heavy (non-hydrogen) atoms. The summed E-state index contributed by atoms with van der Waals surface area (Å²) in [5.41, 5.74) is 4.26. The fourth-order valence-corrected chi connectivity index (χ4v) is 2.54. The molecule has 0 saturated carbocycles. The molecule has 0 unspecified atom stereocenters. The summed E-state index contributed by atoms with van der Waals surface area (Å²) < 4.78 is 26.3. The molecule has 1 N–H and O–H groups in total. The van der Waals surface area contributed by atoms with Gasteiger partial charge in [-0.15, -0.1) is 0 Å². The third kappa shape index (κ3) is 2.60. The van der Waals surface area contributed by atoms with E-state index in [4.69, 9.17) is 0 Å². The molecule has 0 fully saturated rings. The maximum atomic E-state index is 13.5. The van der Waals surface area contributed by atoms with Gasteiger partial charge in [0.25, 0.3) is 0 Å². The maximum Gasteiger partial charge on any atom is 0.131 e. The van der Waals surface area contributed by atoms with Crippen molar-refractivity contribution in [1.29, 1.82) is 0 Å². The number of benzene rings is 2. The molecule has 0 bridgehead atoms. The lowest BCUT2D eigenvalue weighted by Crippen LogP contribution is -2.02.